The third kappa shape index (κ3) is 7.46. The van der Waals surface area contributed by atoms with Crippen LogP contribution in [0.5, 0.6) is 5.75 Å². The van der Waals surface area contributed by atoms with Crippen LogP contribution in [0.15, 0.2) is 110 Å². The van der Waals surface area contributed by atoms with Crippen molar-refractivity contribution in [1.29, 1.82) is 0 Å². The van der Waals surface area contributed by atoms with E-state index in [-0.39, 0.29) is 12.0 Å². The first-order valence-electron chi connectivity index (χ1n) is 12.4. The Morgan fingerprint density at radius 3 is 1.93 bits per heavy atom. The van der Waals surface area contributed by atoms with Crippen LogP contribution in [0.2, 0.25) is 0 Å². The van der Waals surface area contributed by atoms with E-state index in [1.54, 1.807) is 12.1 Å². The minimum Gasteiger partial charge on any atom is -0.406 e. The Hall–Kier alpha value is -4.20. The van der Waals surface area contributed by atoms with Crippen molar-refractivity contribution < 1.29 is 31.1 Å². The molecule has 0 saturated carbocycles. The fourth-order valence-electron chi connectivity index (χ4n) is 4.68. The molecule has 2 nitrogen and oxygen atoms in total. The fraction of sp³-hybridized carbons (Fsp3) is 0.188. The third-order valence-electron chi connectivity index (χ3n) is 6.46. The van der Waals surface area contributed by atoms with Gasteiger partial charge in [-0.3, -0.25) is 0 Å². The maximum absolute atomic E-state index is 13.4. The van der Waals surface area contributed by atoms with Crippen LogP contribution in [0.25, 0.3) is 5.70 Å². The van der Waals surface area contributed by atoms with Gasteiger partial charge in [0.25, 0.3) is 0 Å². The lowest BCUT2D eigenvalue weighted by molar-refractivity contribution is -0.274. The number of hydrogen-bond acceptors (Lipinski definition) is 2. The molecule has 40 heavy (non-hydrogen) atoms. The van der Waals surface area contributed by atoms with Gasteiger partial charge < -0.3 is 10.1 Å². The van der Waals surface area contributed by atoms with Crippen LogP contribution >= 0.6 is 0 Å². The molecule has 0 radical (unpaired) electrons. The molecule has 8 heteroatoms. The largest absolute Gasteiger partial charge is 0.573 e. The van der Waals surface area contributed by atoms with Crippen LogP contribution in [0, 0.1) is 6.92 Å². The number of alkyl halides is 6. The quantitative estimate of drug-likeness (QED) is 0.209. The number of rotatable bonds is 9. The van der Waals surface area contributed by atoms with Crippen molar-refractivity contribution in [2.45, 2.75) is 37.8 Å². The fourth-order valence-corrected chi connectivity index (χ4v) is 4.68. The molecule has 0 saturated heterocycles. The average molecular weight is 556 g/mol. The topological polar surface area (TPSA) is 21.3 Å². The monoisotopic (exact) mass is 555 g/mol. The van der Waals surface area contributed by atoms with Crippen LogP contribution in [-0.2, 0) is 18.4 Å². The molecule has 0 amide bonds. The van der Waals surface area contributed by atoms with Gasteiger partial charge >= 0.3 is 12.5 Å². The van der Waals surface area contributed by atoms with Crippen LogP contribution in [0.4, 0.5) is 26.3 Å². The molecule has 4 aromatic rings. The summed E-state index contributed by atoms with van der Waals surface area (Å²) in [6.45, 7) is 6.12. The Morgan fingerprint density at radius 2 is 1.30 bits per heavy atom. The Labute approximate surface area is 228 Å². The average Bonchev–Trinajstić information content (AvgIpc) is 2.87. The minimum atomic E-state index is -4.92. The maximum Gasteiger partial charge on any atom is 0.573 e. The summed E-state index contributed by atoms with van der Waals surface area (Å²) < 4.78 is 83.8. The molecule has 0 aliphatic rings. The van der Waals surface area contributed by atoms with E-state index in [0.717, 1.165) is 16.7 Å². The lowest BCUT2D eigenvalue weighted by atomic mass is 9.76. The summed E-state index contributed by atoms with van der Waals surface area (Å²) in [4.78, 5) is 0. The van der Waals surface area contributed by atoms with E-state index >= 15 is 0 Å². The van der Waals surface area contributed by atoms with Crippen LogP contribution in [0.3, 0.4) is 0 Å². The van der Waals surface area contributed by atoms with Gasteiger partial charge in [0.1, 0.15) is 5.75 Å². The number of nitrogens with one attached hydrogen (secondary N) is 1. The van der Waals surface area contributed by atoms with Crippen molar-refractivity contribution in [3.05, 3.63) is 143 Å². The van der Waals surface area contributed by atoms with E-state index in [9.17, 15) is 26.3 Å². The van der Waals surface area contributed by atoms with Gasteiger partial charge in [-0.1, -0.05) is 103 Å². The first-order valence-corrected chi connectivity index (χ1v) is 12.4. The highest BCUT2D eigenvalue weighted by Crippen LogP contribution is 2.39. The molecule has 1 atom stereocenters. The summed E-state index contributed by atoms with van der Waals surface area (Å²) in [5, 5.41) is 3.41. The molecule has 0 spiro atoms. The van der Waals surface area contributed by atoms with Gasteiger partial charge in [-0.15, -0.1) is 13.2 Å². The minimum absolute atomic E-state index is 0.0212. The second kappa shape index (κ2) is 11.5. The molecule has 1 N–H and O–H groups in total. The van der Waals surface area contributed by atoms with Gasteiger partial charge in [-0.05, 0) is 46.9 Å². The van der Waals surface area contributed by atoms with Crippen molar-refractivity contribution >= 4 is 5.70 Å². The highest BCUT2D eigenvalue weighted by molar-refractivity contribution is 5.64. The van der Waals surface area contributed by atoms with E-state index in [1.165, 1.54) is 36.4 Å². The van der Waals surface area contributed by atoms with E-state index in [4.69, 9.17) is 0 Å². The van der Waals surface area contributed by atoms with E-state index in [1.807, 2.05) is 61.5 Å². The summed E-state index contributed by atoms with van der Waals surface area (Å²) in [5.74, 6) is -0.448. The van der Waals surface area contributed by atoms with Gasteiger partial charge in [0, 0.05) is 12.1 Å². The molecule has 0 aromatic heterocycles. The molecule has 4 aromatic carbocycles. The van der Waals surface area contributed by atoms with Gasteiger partial charge in [0.05, 0.1) is 12.0 Å². The number of hydrogen-bond donors (Lipinski definition) is 1. The summed E-state index contributed by atoms with van der Waals surface area (Å²) in [5.41, 5.74) is 2.46. The highest BCUT2D eigenvalue weighted by atomic mass is 19.4. The predicted octanol–water partition coefficient (Wildman–Crippen LogP) is 8.75. The first kappa shape index (κ1) is 28.8. The lowest BCUT2D eigenvalue weighted by Crippen LogP contribution is -2.44. The number of halogens is 6. The summed E-state index contributed by atoms with van der Waals surface area (Å²) in [7, 11) is 0. The van der Waals surface area contributed by atoms with Crippen molar-refractivity contribution in [2.24, 2.45) is 0 Å². The number of aryl methyl sites for hydroxylation is 1. The van der Waals surface area contributed by atoms with E-state index < -0.39 is 30.2 Å². The van der Waals surface area contributed by atoms with E-state index in [0.29, 0.717) is 16.8 Å². The SMILES string of the molecule is C=C(NC(Cc1ccccc1)(c1cccc(CC(F)(F)F)c1)c1cccc(OC(F)(F)F)c1)c1ccc(C)cc1. The van der Waals surface area contributed by atoms with Crippen molar-refractivity contribution in [3.8, 4) is 5.75 Å². The Morgan fingerprint density at radius 1 is 0.700 bits per heavy atom. The van der Waals surface area contributed by atoms with Crippen LogP contribution < -0.4 is 10.1 Å². The van der Waals surface area contributed by atoms with Crippen LogP contribution in [-0.4, -0.2) is 12.5 Å². The van der Waals surface area contributed by atoms with Gasteiger partial charge in [-0.2, -0.15) is 13.2 Å². The summed E-state index contributed by atoms with van der Waals surface area (Å²) in [6, 6.07) is 28.1. The van der Waals surface area contributed by atoms with Crippen LogP contribution in [0.1, 0.15) is 33.4 Å². The molecule has 4 rings (SSSR count). The Bertz CT molecular complexity index is 1380. The zero-order valence-corrected chi connectivity index (χ0v) is 21.6. The first-order chi connectivity index (χ1) is 18.8. The zero-order valence-electron chi connectivity index (χ0n) is 21.6. The van der Waals surface area contributed by atoms with Gasteiger partial charge in [0.2, 0.25) is 0 Å². The highest BCUT2D eigenvalue weighted by Gasteiger charge is 2.38. The Kier molecular flexibility index (Phi) is 8.28. The molecular formula is C32H27F6NO. The molecule has 0 fully saturated rings. The second-order valence-electron chi connectivity index (χ2n) is 9.61. The number of benzene rings is 4. The smallest absolute Gasteiger partial charge is 0.406 e. The van der Waals surface area contributed by atoms with Gasteiger partial charge in [-0.25, -0.2) is 0 Å². The molecular weight excluding hydrogens is 528 g/mol. The summed E-state index contributed by atoms with van der Waals surface area (Å²) in [6.07, 6.45) is -10.3. The molecule has 0 aliphatic heterocycles. The molecule has 0 bridgehead atoms. The standard InChI is InChI=1S/C32H27F6NO/c1-22-14-16-26(17-15-22)23(2)39-30(20-24-8-4-3-5-9-24,27-11-6-10-25(18-27)21-31(33,34)35)28-12-7-13-29(19-28)40-32(36,37)38/h3-19,39H,2,20-21H2,1H3. The lowest BCUT2D eigenvalue weighted by Gasteiger charge is -2.39. The van der Waals surface area contributed by atoms with Crippen molar-refractivity contribution in [1.82, 2.24) is 5.32 Å². The molecule has 1 unspecified atom stereocenters. The van der Waals surface area contributed by atoms with E-state index in [2.05, 4.69) is 16.6 Å². The van der Waals surface area contributed by atoms with Crippen molar-refractivity contribution in [3.63, 3.8) is 0 Å². The summed E-state index contributed by atoms with van der Waals surface area (Å²) >= 11 is 0. The normalized spacial score (nSPS) is 13.4. The maximum atomic E-state index is 13.4. The second-order valence-corrected chi connectivity index (χ2v) is 9.61. The Balaban J connectivity index is 1.94. The molecule has 208 valence electrons. The zero-order chi connectivity index (χ0) is 29.0. The molecule has 0 heterocycles. The molecule has 0 aliphatic carbocycles. The van der Waals surface area contributed by atoms with Crippen molar-refractivity contribution in [2.75, 3.05) is 0 Å². The predicted molar refractivity (Wildman–Crippen MR) is 144 cm³/mol. The number of ether oxygens (including phenoxy) is 1. The third-order valence-corrected chi connectivity index (χ3v) is 6.46. The van der Waals surface area contributed by atoms with Gasteiger partial charge in [0.15, 0.2) is 0 Å².